The fraction of sp³-hybridized carbons (Fsp3) is 0.278. The largest absolute Gasteiger partial charge is 0.496 e. The van der Waals surface area contributed by atoms with E-state index < -0.39 is 0 Å². The molecular weight excluding hydrogens is 308 g/mol. The van der Waals surface area contributed by atoms with E-state index in [4.69, 9.17) is 4.74 Å². The molecule has 1 aromatic heterocycles. The maximum Gasteiger partial charge on any atom is 0.279 e. The Hall–Kier alpha value is -2.27. The second kappa shape index (κ2) is 6.87. The van der Waals surface area contributed by atoms with Crippen molar-refractivity contribution in [3.8, 4) is 5.75 Å². The minimum atomic E-state index is -0.125. The number of fused-ring (bicyclic) bond motifs is 1. The van der Waals surface area contributed by atoms with Gasteiger partial charge in [0.1, 0.15) is 5.75 Å². The molecule has 0 radical (unpaired) electrons. The van der Waals surface area contributed by atoms with Gasteiger partial charge in [-0.3, -0.25) is 15.6 Å². The van der Waals surface area contributed by atoms with Crippen LogP contribution in [0.15, 0.2) is 36.9 Å². The third-order valence-electron chi connectivity index (χ3n) is 3.98. The molecule has 1 aromatic carbocycles. The lowest BCUT2D eigenvalue weighted by molar-refractivity contribution is 0.0946. The second-order valence-corrected chi connectivity index (χ2v) is 6.66. The standard InChI is InChI=1S/C18H20N2O2S/c1-12(14-8-4-5-9-15(14)22-2)19-20-18(21)17-11-13-7-3-6-10-16(13)23-17/h4-5,8-9,11,19H,1,3,6-7,10H2,2H3,(H,20,21). The van der Waals surface area contributed by atoms with Crippen LogP contribution in [0.2, 0.25) is 0 Å². The number of aryl methyl sites for hydroxylation is 2. The van der Waals surface area contributed by atoms with Gasteiger partial charge < -0.3 is 4.74 Å². The number of carbonyl (C=O) groups excluding carboxylic acids is 1. The van der Waals surface area contributed by atoms with Crippen molar-refractivity contribution in [3.05, 3.63) is 57.8 Å². The Labute approximate surface area is 140 Å². The number of benzene rings is 1. The normalized spacial score (nSPS) is 13.1. The van der Waals surface area contributed by atoms with E-state index >= 15 is 0 Å². The summed E-state index contributed by atoms with van der Waals surface area (Å²) in [7, 11) is 1.61. The van der Waals surface area contributed by atoms with Gasteiger partial charge in [0, 0.05) is 10.4 Å². The summed E-state index contributed by atoms with van der Waals surface area (Å²) in [6.07, 6.45) is 4.61. The van der Waals surface area contributed by atoms with Crippen LogP contribution in [-0.4, -0.2) is 13.0 Å². The molecule has 0 bridgehead atoms. The maximum absolute atomic E-state index is 12.3. The number of carbonyl (C=O) groups is 1. The first kappa shape index (κ1) is 15.6. The number of hydrogen-bond acceptors (Lipinski definition) is 4. The Bertz CT molecular complexity index is 713. The van der Waals surface area contributed by atoms with E-state index in [1.54, 1.807) is 18.4 Å². The van der Waals surface area contributed by atoms with Gasteiger partial charge in [-0.1, -0.05) is 18.7 Å². The van der Waals surface area contributed by atoms with Gasteiger partial charge >= 0.3 is 0 Å². The van der Waals surface area contributed by atoms with E-state index in [-0.39, 0.29) is 5.91 Å². The average Bonchev–Trinajstić information content (AvgIpc) is 3.03. The van der Waals surface area contributed by atoms with E-state index in [2.05, 4.69) is 17.4 Å². The number of ether oxygens (including phenoxy) is 1. The molecule has 2 N–H and O–H groups in total. The summed E-state index contributed by atoms with van der Waals surface area (Å²) in [4.78, 5) is 14.4. The van der Waals surface area contributed by atoms with Crippen molar-refractivity contribution in [2.45, 2.75) is 25.7 Å². The Morgan fingerprint density at radius 1 is 1.22 bits per heavy atom. The summed E-state index contributed by atoms with van der Waals surface area (Å²) in [5.41, 5.74) is 8.35. The number of amides is 1. The van der Waals surface area contributed by atoms with Crippen molar-refractivity contribution in [2.75, 3.05) is 7.11 Å². The van der Waals surface area contributed by atoms with Crippen LogP contribution in [0.1, 0.15) is 38.5 Å². The molecule has 23 heavy (non-hydrogen) atoms. The summed E-state index contributed by atoms with van der Waals surface area (Å²) in [6.45, 7) is 3.96. The predicted molar refractivity (Wildman–Crippen MR) is 93.6 cm³/mol. The molecule has 120 valence electrons. The van der Waals surface area contributed by atoms with Crippen LogP contribution in [0.4, 0.5) is 0 Å². The zero-order chi connectivity index (χ0) is 16.2. The number of thiophene rings is 1. The molecule has 0 spiro atoms. The van der Waals surface area contributed by atoms with Crippen LogP contribution >= 0.6 is 11.3 Å². The van der Waals surface area contributed by atoms with Crippen LogP contribution in [0, 0.1) is 0 Å². The number of rotatable bonds is 5. The molecule has 0 saturated carbocycles. The third-order valence-corrected chi connectivity index (χ3v) is 5.22. The van der Waals surface area contributed by atoms with Crippen LogP contribution < -0.4 is 15.6 Å². The molecule has 2 aromatic rings. The van der Waals surface area contributed by atoms with Crippen molar-refractivity contribution >= 4 is 22.9 Å². The van der Waals surface area contributed by atoms with Crippen LogP contribution in [0.5, 0.6) is 5.75 Å². The molecular formula is C18H20N2O2S. The monoisotopic (exact) mass is 328 g/mol. The smallest absolute Gasteiger partial charge is 0.279 e. The van der Waals surface area contributed by atoms with Crippen molar-refractivity contribution in [1.29, 1.82) is 0 Å². The highest BCUT2D eigenvalue weighted by atomic mass is 32.1. The first-order valence-corrected chi connectivity index (χ1v) is 8.51. The number of methoxy groups -OCH3 is 1. The quantitative estimate of drug-likeness (QED) is 0.826. The highest BCUT2D eigenvalue weighted by Crippen LogP contribution is 2.29. The molecule has 1 aliphatic carbocycles. The molecule has 0 fully saturated rings. The van der Waals surface area contributed by atoms with E-state index in [1.807, 2.05) is 30.3 Å². The minimum Gasteiger partial charge on any atom is -0.496 e. The number of hydrazine groups is 1. The first-order chi connectivity index (χ1) is 11.2. The summed E-state index contributed by atoms with van der Waals surface area (Å²) >= 11 is 1.59. The highest BCUT2D eigenvalue weighted by molar-refractivity contribution is 7.14. The molecule has 0 saturated heterocycles. The van der Waals surface area contributed by atoms with Gasteiger partial charge in [-0.25, -0.2) is 0 Å². The maximum atomic E-state index is 12.3. The van der Waals surface area contributed by atoms with E-state index in [0.717, 1.165) is 23.3 Å². The van der Waals surface area contributed by atoms with Gasteiger partial charge in [0.05, 0.1) is 17.7 Å². The Morgan fingerprint density at radius 2 is 2.00 bits per heavy atom. The zero-order valence-electron chi connectivity index (χ0n) is 13.1. The summed E-state index contributed by atoms with van der Waals surface area (Å²) in [5, 5.41) is 0. The van der Waals surface area contributed by atoms with Gasteiger partial charge in [-0.15, -0.1) is 11.3 Å². The van der Waals surface area contributed by atoms with Crippen molar-refractivity contribution in [2.24, 2.45) is 0 Å². The fourth-order valence-corrected chi connectivity index (χ4v) is 3.91. The SMILES string of the molecule is C=C(NNC(=O)c1cc2c(s1)CCCC2)c1ccccc1OC. The summed E-state index contributed by atoms with van der Waals surface area (Å²) in [5.74, 6) is 0.589. The zero-order valence-corrected chi connectivity index (χ0v) is 14.0. The van der Waals surface area contributed by atoms with Crippen molar-refractivity contribution in [1.82, 2.24) is 10.9 Å². The lowest BCUT2D eigenvalue weighted by Gasteiger charge is -2.13. The van der Waals surface area contributed by atoms with E-state index in [1.165, 1.54) is 23.3 Å². The molecule has 4 nitrogen and oxygen atoms in total. The molecule has 1 aliphatic rings. The lowest BCUT2D eigenvalue weighted by Crippen LogP contribution is -2.35. The molecule has 0 aliphatic heterocycles. The Balaban J connectivity index is 1.64. The highest BCUT2D eigenvalue weighted by Gasteiger charge is 2.17. The van der Waals surface area contributed by atoms with E-state index in [9.17, 15) is 4.79 Å². The van der Waals surface area contributed by atoms with Gasteiger partial charge in [-0.05, 0) is 49.4 Å². The van der Waals surface area contributed by atoms with Gasteiger partial charge in [0.2, 0.25) is 0 Å². The average molecular weight is 328 g/mol. The summed E-state index contributed by atoms with van der Waals surface area (Å²) < 4.78 is 5.30. The Kier molecular flexibility index (Phi) is 4.67. The Morgan fingerprint density at radius 3 is 2.78 bits per heavy atom. The second-order valence-electron chi connectivity index (χ2n) is 5.52. The number of hydrogen-bond donors (Lipinski definition) is 2. The van der Waals surface area contributed by atoms with Crippen LogP contribution in [-0.2, 0) is 12.8 Å². The lowest BCUT2D eigenvalue weighted by atomic mass is 9.99. The number of nitrogens with one attached hydrogen (secondary N) is 2. The van der Waals surface area contributed by atoms with Crippen LogP contribution in [0.3, 0.4) is 0 Å². The summed E-state index contributed by atoms with van der Waals surface area (Å²) in [6, 6.07) is 9.56. The topological polar surface area (TPSA) is 50.4 Å². The van der Waals surface area contributed by atoms with Gasteiger partial charge in [0.15, 0.2) is 0 Å². The van der Waals surface area contributed by atoms with Gasteiger partial charge in [0.25, 0.3) is 5.91 Å². The van der Waals surface area contributed by atoms with Crippen molar-refractivity contribution in [3.63, 3.8) is 0 Å². The van der Waals surface area contributed by atoms with Crippen molar-refractivity contribution < 1.29 is 9.53 Å². The third kappa shape index (κ3) is 3.40. The predicted octanol–water partition coefficient (Wildman–Crippen LogP) is 3.54. The minimum absolute atomic E-state index is 0.125. The first-order valence-electron chi connectivity index (χ1n) is 7.69. The molecule has 5 heteroatoms. The van der Waals surface area contributed by atoms with Crippen LogP contribution in [0.25, 0.3) is 5.70 Å². The molecule has 1 amide bonds. The van der Waals surface area contributed by atoms with E-state index in [0.29, 0.717) is 11.4 Å². The van der Waals surface area contributed by atoms with Gasteiger partial charge in [-0.2, -0.15) is 0 Å². The number of para-hydroxylation sites is 1. The molecule has 3 rings (SSSR count). The molecule has 1 heterocycles. The fourth-order valence-electron chi connectivity index (χ4n) is 2.76. The molecule has 0 atom stereocenters. The molecule has 0 unspecified atom stereocenters.